The molecule has 2 heterocycles. The van der Waals surface area contributed by atoms with E-state index in [2.05, 4.69) is 4.98 Å². The normalized spacial score (nSPS) is 10.2. The van der Waals surface area contributed by atoms with Crippen molar-refractivity contribution in [2.24, 2.45) is 0 Å². The van der Waals surface area contributed by atoms with Crippen molar-refractivity contribution in [3.63, 3.8) is 0 Å². The molecule has 4 nitrogen and oxygen atoms in total. The number of aryl methyl sites for hydroxylation is 2. The van der Waals surface area contributed by atoms with Gasteiger partial charge in [0.2, 0.25) is 0 Å². The third kappa shape index (κ3) is 2.28. The number of aromatic hydroxyl groups is 1. The molecule has 4 heteroatoms. The predicted molar refractivity (Wildman–Crippen MR) is 60.3 cm³/mol. The summed E-state index contributed by atoms with van der Waals surface area (Å²) >= 11 is 0. The molecule has 0 aliphatic carbocycles. The molecule has 0 bridgehead atoms. The number of nitrogens with zero attached hydrogens (tertiary/aromatic N) is 2. The Bertz CT molecular complexity index is 520. The topological polar surface area (TPSA) is 55.1 Å². The van der Waals surface area contributed by atoms with E-state index in [4.69, 9.17) is 0 Å². The highest BCUT2D eigenvalue weighted by Crippen LogP contribution is 2.00. The van der Waals surface area contributed by atoms with Crippen LogP contribution in [0.25, 0.3) is 0 Å². The maximum atomic E-state index is 11.5. The van der Waals surface area contributed by atoms with E-state index >= 15 is 0 Å². The highest BCUT2D eigenvalue weighted by atomic mass is 16.3. The first-order valence-corrected chi connectivity index (χ1v) is 5.06. The average Bonchev–Trinajstić information content (AvgIpc) is 2.32. The zero-order chi connectivity index (χ0) is 11.4. The van der Waals surface area contributed by atoms with Crippen molar-refractivity contribution < 1.29 is 5.11 Å². The second kappa shape index (κ2) is 4.61. The second-order valence-corrected chi connectivity index (χ2v) is 3.46. The average molecular weight is 216 g/mol. The predicted octanol–water partition coefficient (Wildman–Crippen LogP) is 1.19. The van der Waals surface area contributed by atoms with Gasteiger partial charge in [-0.25, -0.2) is 0 Å². The molecule has 2 aromatic rings. The van der Waals surface area contributed by atoms with Gasteiger partial charge in [0.15, 0.2) is 5.75 Å². The summed E-state index contributed by atoms with van der Waals surface area (Å²) in [6.07, 6.45) is 4.05. The molecule has 2 aromatic heterocycles. The molecular formula is C12H12N2O2. The van der Waals surface area contributed by atoms with Crippen molar-refractivity contribution in [2.45, 2.75) is 13.0 Å². The van der Waals surface area contributed by atoms with Crippen LogP contribution < -0.4 is 5.56 Å². The molecule has 0 saturated carbocycles. The van der Waals surface area contributed by atoms with Crippen LogP contribution in [0.1, 0.15) is 5.69 Å². The first-order chi connectivity index (χ1) is 7.77. The van der Waals surface area contributed by atoms with Gasteiger partial charge in [-0.15, -0.1) is 0 Å². The summed E-state index contributed by atoms with van der Waals surface area (Å²) in [6, 6.07) is 8.71. The summed E-state index contributed by atoms with van der Waals surface area (Å²) in [5.41, 5.74) is 0.566. The molecule has 2 rings (SSSR count). The van der Waals surface area contributed by atoms with Crippen molar-refractivity contribution in [2.75, 3.05) is 0 Å². The zero-order valence-corrected chi connectivity index (χ0v) is 8.71. The highest BCUT2D eigenvalue weighted by Gasteiger charge is 2.01. The van der Waals surface area contributed by atoms with Crippen molar-refractivity contribution in [3.8, 4) is 5.75 Å². The Hall–Kier alpha value is -2.10. The van der Waals surface area contributed by atoms with Gasteiger partial charge in [-0.2, -0.15) is 0 Å². The standard InChI is InChI=1S/C12H12N2O2/c15-11-5-3-8-14(12(11)16)9-6-10-4-1-2-7-13-10/h1-5,7-8,15H,6,9H2. The smallest absolute Gasteiger partial charge is 0.292 e. The molecule has 0 unspecified atom stereocenters. The van der Waals surface area contributed by atoms with E-state index in [-0.39, 0.29) is 11.3 Å². The van der Waals surface area contributed by atoms with Crippen molar-refractivity contribution >= 4 is 0 Å². The van der Waals surface area contributed by atoms with Crippen LogP contribution in [0.5, 0.6) is 5.75 Å². The third-order valence-electron chi connectivity index (χ3n) is 2.34. The van der Waals surface area contributed by atoms with E-state index in [9.17, 15) is 9.90 Å². The van der Waals surface area contributed by atoms with E-state index < -0.39 is 0 Å². The Labute approximate surface area is 92.8 Å². The van der Waals surface area contributed by atoms with Gasteiger partial charge in [0.25, 0.3) is 5.56 Å². The fourth-order valence-corrected chi connectivity index (χ4v) is 1.48. The lowest BCUT2D eigenvalue weighted by Gasteiger charge is -2.04. The zero-order valence-electron chi connectivity index (χ0n) is 8.71. The Morgan fingerprint density at radius 3 is 2.88 bits per heavy atom. The van der Waals surface area contributed by atoms with Crippen LogP contribution in [0.4, 0.5) is 0 Å². The first-order valence-electron chi connectivity index (χ1n) is 5.06. The lowest BCUT2D eigenvalue weighted by Crippen LogP contribution is -2.19. The molecule has 0 spiro atoms. The minimum absolute atomic E-state index is 0.219. The first kappa shape index (κ1) is 10.4. The molecule has 0 aromatic carbocycles. The maximum Gasteiger partial charge on any atom is 0.292 e. The Kier molecular flexibility index (Phi) is 3.00. The van der Waals surface area contributed by atoms with Crippen LogP contribution >= 0.6 is 0 Å². The number of pyridine rings is 2. The summed E-state index contributed by atoms with van der Waals surface area (Å²) in [6.45, 7) is 0.518. The van der Waals surface area contributed by atoms with Crippen LogP contribution in [-0.2, 0) is 13.0 Å². The lowest BCUT2D eigenvalue weighted by atomic mass is 10.2. The molecule has 0 saturated heterocycles. The molecule has 0 aliphatic heterocycles. The summed E-state index contributed by atoms with van der Waals surface area (Å²) in [4.78, 5) is 15.7. The number of hydrogen-bond acceptors (Lipinski definition) is 3. The molecule has 0 fully saturated rings. The fraction of sp³-hybridized carbons (Fsp3) is 0.167. The number of aromatic nitrogens is 2. The molecule has 0 atom stereocenters. The van der Waals surface area contributed by atoms with Gasteiger partial charge < -0.3 is 9.67 Å². The SMILES string of the molecule is O=c1c(O)cccn1CCc1ccccn1. The summed E-state index contributed by atoms with van der Waals surface area (Å²) < 4.78 is 1.48. The van der Waals surface area contributed by atoms with Crippen LogP contribution in [0.15, 0.2) is 47.5 Å². The molecule has 82 valence electrons. The molecule has 1 N–H and O–H groups in total. The maximum absolute atomic E-state index is 11.5. The van der Waals surface area contributed by atoms with Gasteiger partial charge in [-0.3, -0.25) is 9.78 Å². The summed E-state index contributed by atoms with van der Waals surface area (Å²) in [5, 5.41) is 9.25. The van der Waals surface area contributed by atoms with E-state index in [1.165, 1.54) is 10.6 Å². The van der Waals surface area contributed by atoms with Crippen LogP contribution in [0.2, 0.25) is 0 Å². The van der Waals surface area contributed by atoms with Gasteiger partial charge in [-0.1, -0.05) is 6.07 Å². The fourth-order valence-electron chi connectivity index (χ4n) is 1.48. The monoisotopic (exact) mass is 216 g/mol. The van der Waals surface area contributed by atoms with Gasteiger partial charge in [0.1, 0.15) is 0 Å². The molecular weight excluding hydrogens is 204 g/mol. The largest absolute Gasteiger partial charge is 0.503 e. The highest BCUT2D eigenvalue weighted by molar-refractivity contribution is 5.15. The van der Waals surface area contributed by atoms with E-state index in [0.717, 1.165) is 5.69 Å². The van der Waals surface area contributed by atoms with Crippen molar-refractivity contribution in [1.29, 1.82) is 0 Å². The Morgan fingerprint density at radius 1 is 1.25 bits per heavy atom. The van der Waals surface area contributed by atoms with Gasteiger partial charge in [0, 0.05) is 31.1 Å². The molecule has 0 amide bonds. The van der Waals surface area contributed by atoms with Gasteiger partial charge >= 0.3 is 0 Å². The number of hydrogen-bond donors (Lipinski definition) is 1. The number of rotatable bonds is 3. The lowest BCUT2D eigenvalue weighted by molar-refractivity contribution is 0.456. The Balaban J connectivity index is 2.11. The Morgan fingerprint density at radius 2 is 2.12 bits per heavy atom. The molecule has 0 aliphatic rings. The second-order valence-electron chi connectivity index (χ2n) is 3.46. The van der Waals surface area contributed by atoms with Crippen LogP contribution in [0.3, 0.4) is 0 Å². The van der Waals surface area contributed by atoms with Crippen LogP contribution in [0, 0.1) is 0 Å². The molecule has 0 radical (unpaired) electrons. The summed E-state index contributed by atoms with van der Waals surface area (Å²) in [5.74, 6) is -0.219. The van der Waals surface area contributed by atoms with Gasteiger partial charge in [-0.05, 0) is 24.3 Å². The van der Waals surface area contributed by atoms with E-state index in [1.807, 2.05) is 18.2 Å². The third-order valence-corrected chi connectivity index (χ3v) is 2.34. The van der Waals surface area contributed by atoms with Crippen molar-refractivity contribution in [3.05, 3.63) is 58.8 Å². The summed E-state index contributed by atoms with van der Waals surface area (Å²) in [7, 11) is 0. The quantitative estimate of drug-likeness (QED) is 0.838. The van der Waals surface area contributed by atoms with Crippen LogP contribution in [-0.4, -0.2) is 14.7 Å². The van der Waals surface area contributed by atoms with Crippen molar-refractivity contribution in [1.82, 2.24) is 9.55 Å². The molecule has 16 heavy (non-hydrogen) atoms. The van der Waals surface area contributed by atoms with E-state index in [0.29, 0.717) is 13.0 Å². The minimum atomic E-state index is -0.363. The minimum Gasteiger partial charge on any atom is -0.503 e. The van der Waals surface area contributed by atoms with E-state index in [1.54, 1.807) is 18.5 Å². The van der Waals surface area contributed by atoms with Gasteiger partial charge in [0.05, 0.1) is 0 Å².